The van der Waals surface area contributed by atoms with Gasteiger partial charge < -0.3 is 10.0 Å². The number of carboxylic acids is 1. The van der Waals surface area contributed by atoms with Gasteiger partial charge in [0.15, 0.2) is 0 Å². The van der Waals surface area contributed by atoms with Gasteiger partial charge in [-0.2, -0.15) is 11.8 Å². The van der Waals surface area contributed by atoms with Crippen molar-refractivity contribution < 1.29 is 14.8 Å². The molecule has 0 amide bonds. The Kier molecular flexibility index (Phi) is 3.71. The van der Waals surface area contributed by atoms with Crippen molar-refractivity contribution in [2.45, 2.75) is 0 Å². The Labute approximate surface area is 108 Å². The van der Waals surface area contributed by atoms with E-state index < -0.39 is 10.9 Å². The second kappa shape index (κ2) is 5.26. The summed E-state index contributed by atoms with van der Waals surface area (Å²) in [5.74, 6) is 0.703. The van der Waals surface area contributed by atoms with E-state index in [4.69, 9.17) is 5.11 Å². The molecule has 1 aromatic rings. The highest BCUT2D eigenvalue weighted by molar-refractivity contribution is 7.99. The number of benzene rings is 1. The normalized spacial score (nSPS) is 15.4. The number of nitrogens with zero attached hydrogens (tertiary/aromatic N) is 2. The highest BCUT2D eigenvalue weighted by atomic mass is 32.2. The van der Waals surface area contributed by atoms with Crippen LogP contribution in [0.3, 0.4) is 0 Å². The number of hydrogen-bond donors (Lipinski definition) is 1. The molecular formula is C11H12N2O4S. The highest BCUT2D eigenvalue weighted by Gasteiger charge is 2.22. The quantitative estimate of drug-likeness (QED) is 0.665. The predicted molar refractivity (Wildman–Crippen MR) is 69.6 cm³/mol. The Morgan fingerprint density at radius 3 is 2.61 bits per heavy atom. The molecule has 1 aliphatic heterocycles. The lowest BCUT2D eigenvalue weighted by Gasteiger charge is -2.28. The first-order valence-electron chi connectivity index (χ1n) is 5.44. The number of nitro benzene ring substituents is 1. The van der Waals surface area contributed by atoms with Crippen LogP contribution in [0.1, 0.15) is 10.4 Å². The summed E-state index contributed by atoms with van der Waals surface area (Å²) in [5.41, 5.74) is 0.309. The molecule has 1 aliphatic rings. The van der Waals surface area contributed by atoms with Gasteiger partial charge in [-0.25, -0.2) is 4.79 Å². The minimum atomic E-state index is -1.15. The van der Waals surface area contributed by atoms with Crippen LogP contribution >= 0.6 is 11.8 Å². The minimum absolute atomic E-state index is 0.0585. The third-order valence-electron chi connectivity index (χ3n) is 2.77. The third-order valence-corrected chi connectivity index (χ3v) is 3.71. The molecule has 0 bridgehead atoms. The van der Waals surface area contributed by atoms with Crippen molar-refractivity contribution in [2.24, 2.45) is 0 Å². The van der Waals surface area contributed by atoms with Gasteiger partial charge in [-0.1, -0.05) is 0 Å². The molecule has 2 rings (SSSR count). The molecule has 0 spiro atoms. The molecule has 1 aromatic carbocycles. The first-order valence-corrected chi connectivity index (χ1v) is 6.59. The molecule has 0 saturated carbocycles. The van der Waals surface area contributed by atoms with Gasteiger partial charge in [0.05, 0.1) is 10.5 Å². The molecular weight excluding hydrogens is 256 g/mol. The number of carboxylic acid groups (broad SMARTS) is 1. The predicted octanol–water partition coefficient (Wildman–Crippen LogP) is 1.85. The molecule has 0 radical (unpaired) electrons. The van der Waals surface area contributed by atoms with Crippen LogP contribution in [-0.4, -0.2) is 40.6 Å². The fourth-order valence-electron chi connectivity index (χ4n) is 1.87. The summed E-state index contributed by atoms with van der Waals surface area (Å²) in [5, 5.41) is 19.9. The Morgan fingerprint density at radius 1 is 1.39 bits per heavy atom. The molecule has 1 N–H and O–H groups in total. The molecule has 0 unspecified atom stereocenters. The van der Waals surface area contributed by atoms with Crippen molar-refractivity contribution in [3.63, 3.8) is 0 Å². The van der Waals surface area contributed by atoms with Crippen LogP contribution in [0.2, 0.25) is 0 Å². The van der Waals surface area contributed by atoms with Crippen LogP contribution in [0, 0.1) is 10.1 Å². The zero-order chi connectivity index (χ0) is 13.1. The van der Waals surface area contributed by atoms with Gasteiger partial charge in [0.1, 0.15) is 5.69 Å². The van der Waals surface area contributed by atoms with Gasteiger partial charge in [-0.05, 0) is 12.1 Å². The van der Waals surface area contributed by atoms with E-state index in [1.165, 1.54) is 12.1 Å². The Morgan fingerprint density at radius 2 is 2.06 bits per heavy atom. The molecule has 0 aliphatic carbocycles. The third kappa shape index (κ3) is 2.56. The topological polar surface area (TPSA) is 83.7 Å². The molecule has 1 fully saturated rings. The van der Waals surface area contributed by atoms with Crippen LogP contribution < -0.4 is 4.90 Å². The van der Waals surface area contributed by atoms with Gasteiger partial charge in [0, 0.05) is 30.7 Å². The lowest BCUT2D eigenvalue weighted by molar-refractivity contribution is -0.384. The standard InChI is InChI=1S/C11H12N2O4S/c14-11(15)8-1-2-9(10(7-8)13(16)17)12-3-5-18-6-4-12/h1-2,7H,3-6H2,(H,14,15). The number of aromatic carboxylic acids is 1. The minimum Gasteiger partial charge on any atom is -0.478 e. The molecule has 7 heteroatoms. The lowest BCUT2D eigenvalue weighted by Crippen LogP contribution is -2.32. The fraction of sp³-hybridized carbons (Fsp3) is 0.364. The lowest BCUT2D eigenvalue weighted by atomic mass is 10.1. The van der Waals surface area contributed by atoms with E-state index in [2.05, 4.69) is 0 Å². The first kappa shape index (κ1) is 12.7. The van der Waals surface area contributed by atoms with E-state index in [0.29, 0.717) is 5.69 Å². The molecule has 96 valence electrons. The fourth-order valence-corrected chi connectivity index (χ4v) is 2.78. The second-order valence-electron chi connectivity index (χ2n) is 3.87. The average Bonchev–Trinajstić information content (AvgIpc) is 2.39. The van der Waals surface area contributed by atoms with Crippen LogP contribution in [0.4, 0.5) is 11.4 Å². The Hall–Kier alpha value is -1.76. The molecule has 0 atom stereocenters. The van der Waals surface area contributed by atoms with E-state index in [1.54, 1.807) is 0 Å². The summed E-state index contributed by atoms with van der Waals surface area (Å²) >= 11 is 1.81. The van der Waals surface area contributed by atoms with Crippen molar-refractivity contribution in [3.05, 3.63) is 33.9 Å². The van der Waals surface area contributed by atoms with Crippen LogP contribution in [-0.2, 0) is 0 Å². The van der Waals surface area contributed by atoms with Crippen LogP contribution in [0.25, 0.3) is 0 Å². The SMILES string of the molecule is O=C(O)c1ccc(N2CCSCC2)c([N+](=O)[O-])c1. The van der Waals surface area contributed by atoms with Crippen LogP contribution in [0.5, 0.6) is 0 Å². The van der Waals surface area contributed by atoms with Gasteiger partial charge >= 0.3 is 5.97 Å². The van der Waals surface area contributed by atoms with Crippen molar-refractivity contribution in [1.82, 2.24) is 0 Å². The maximum Gasteiger partial charge on any atom is 0.335 e. The van der Waals surface area contributed by atoms with E-state index in [-0.39, 0.29) is 11.3 Å². The number of nitro groups is 1. The average molecular weight is 268 g/mol. The number of anilines is 1. The molecule has 18 heavy (non-hydrogen) atoms. The zero-order valence-corrected chi connectivity index (χ0v) is 10.4. The van der Waals surface area contributed by atoms with E-state index >= 15 is 0 Å². The molecule has 6 nitrogen and oxygen atoms in total. The molecule has 0 aromatic heterocycles. The summed E-state index contributed by atoms with van der Waals surface area (Å²) in [4.78, 5) is 23.3. The van der Waals surface area contributed by atoms with Crippen molar-refractivity contribution in [3.8, 4) is 0 Å². The Bertz CT molecular complexity index is 486. The van der Waals surface area contributed by atoms with Crippen molar-refractivity contribution >= 4 is 29.1 Å². The molecule has 1 saturated heterocycles. The van der Waals surface area contributed by atoms with Gasteiger partial charge in [-0.3, -0.25) is 10.1 Å². The summed E-state index contributed by atoms with van der Waals surface area (Å²) in [6.07, 6.45) is 0. The maximum atomic E-state index is 11.0. The van der Waals surface area contributed by atoms with E-state index in [0.717, 1.165) is 30.7 Å². The summed E-state index contributed by atoms with van der Waals surface area (Å²) in [6.45, 7) is 1.50. The van der Waals surface area contributed by atoms with Gasteiger partial charge in [0.25, 0.3) is 5.69 Å². The van der Waals surface area contributed by atoms with E-state index in [9.17, 15) is 14.9 Å². The molecule has 1 heterocycles. The summed E-state index contributed by atoms with van der Waals surface area (Å²) < 4.78 is 0. The largest absolute Gasteiger partial charge is 0.478 e. The maximum absolute atomic E-state index is 11.0. The van der Waals surface area contributed by atoms with Crippen molar-refractivity contribution in [2.75, 3.05) is 29.5 Å². The summed E-state index contributed by atoms with van der Waals surface area (Å²) in [6, 6.07) is 4.06. The van der Waals surface area contributed by atoms with Crippen LogP contribution in [0.15, 0.2) is 18.2 Å². The number of rotatable bonds is 3. The number of thioether (sulfide) groups is 1. The monoisotopic (exact) mass is 268 g/mol. The smallest absolute Gasteiger partial charge is 0.335 e. The number of carbonyl (C=O) groups is 1. The van der Waals surface area contributed by atoms with Gasteiger partial charge in [0.2, 0.25) is 0 Å². The van der Waals surface area contributed by atoms with Crippen molar-refractivity contribution in [1.29, 1.82) is 0 Å². The Balaban J connectivity index is 2.39. The zero-order valence-electron chi connectivity index (χ0n) is 9.54. The second-order valence-corrected chi connectivity index (χ2v) is 5.09. The van der Waals surface area contributed by atoms with E-state index in [1.807, 2.05) is 16.7 Å². The summed E-state index contributed by atoms with van der Waals surface area (Å²) in [7, 11) is 0. The number of hydrogen-bond acceptors (Lipinski definition) is 5. The van der Waals surface area contributed by atoms with Gasteiger partial charge in [-0.15, -0.1) is 0 Å². The first-order chi connectivity index (χ1) is 8.59. The highest BCUT2D eigenvalue weighted by Crippen LogP contribution is 2.30.